The van der Waals surface area contributed by atoms with Gasteiger partial charge < -0.3 is 10.1 Å². The van der Waals surface area contributed by atoms with E-state index >= 15 is 0 Å². The van der Waals surface area contributed by atoms with Gasteiger partial charge in [-0.25, -0.2) is 0 Å². The van der Waals surface area contributed by atoms with Gasteiger partial charge in [0.2, 0.25) is 0 Å². The van der Waals surface area contributed by atoms with Gasteiger partial charge in [-0.2, -0.15) is 0 Å². The van der Waals surface area contributed by atoms with Crippen LogP contribution >= 0.6 is 11.6 Å². The van der Waals surface area contributed by atoms with Crippen LogP contribution in [0.2, 0.25) is 5.02 Å². The first kappa shape index (κ1) is 11.6. The molecule has 0 bridgehead atoms. The van der Waals surface area contributed by atoms with Gasteiger partial charge >= 0.3 is 0 Å². The van der Waals surface area contributed by atoms with E-state index in [9.17, 15) is 0 Å². The summed E-state index contributed by atoms with van der Waals surface area (Å²) in [6.07, 6.45) is 0.298. The molecule has 18 heavy (non-hydrogen) atoms. The zero-order chi connectivity index (χ0) is 12.4. The summed E-state index contributed by atoms with van der Waals surface area (Å²) in [5, 5.41) is 3.95. The van der Waals surface area contributed by atoms with Crippen molar-refractivity contribution in [2.45, 2.75) is 6.10 Å². The van der Waals surface area contributed by atoms with E-state index in [1.54, 1.807) is 0 Å². The third-order valence-corrected chi connectivity index (χ3v) is 3.40. The van der Waals surface area contributed by atoms with Gasteiger partial charge in [-0.05, 0) is 23.8 Å². The second-order valence-electron chi connectivity index (χ2n) is 4.41. The summed E-state index contributed by atoms with van der Waals surface area (Å²) in [4.78, 5) is 0. The molecule has 0 atom stereocenters. The minimum absolute atomic E-state index is 0.298. The number of nitrogens with one attached hydrogen (secondary N) is 1. The van der Waals surface area contributed by atoms with Crippen molar-refractivity contribution in [1.29, 1.82) is 0 Å². The van der Waals surface area contributed by atoms with E-state index in [1.165, 1.54) is 0 Å². The van der Waals surface area contributed by atoms with Crippen molar-refractivity contribution in [3.8, 4) is 16.9 Å². The van der Waals surface area contributed by atoms with Crippen LogP contribution in [0.15, 0.2) is 48.5 Å². The van der Waals surface area contributed by atoms with Crippen molar-refractivity contribution in [2.75, 3.05) is 13.1 Å². The Balaban J connectivity index is 1.88. The second-order valence-corrected chi connectivity index (χ2v) is 4.81. The summed E-state index contributed by atoms with van der Waals surface area (Å²) in [6, 6.07) is 15.9. The van der Waals surface area contributed by atoms with Gasteiger partial charge in [-0.3, -0.25) is 0 Å². The molecule has 1 fully saturated rings. The molecule has 3 rings (SSSR count). The predicted octanol–water partition coefficient (Wildman–Crippen LogP) is 3.36. The summed E-state index contributed by atoms with van der Waals surface area (Å²) in [6.45, 7) is 1.85. The van der Waals surface area contributed by atoms with Crippen LogP contribution in [0.1, 0.15) is 0 Å². The Morgan fingerprint density at radius 2 is 1.89 bits per heavy atom. The van der Waals surface area contributed by atoms with E-state index in [-0.39, 0.29) is 0 Å². The van der Waals surface area contributed by atoms with Crippen molar-refractivity contribution in [2.24, 2.45) is 0 Å². The largest absolute Gasteiger partial charge is 0.488 e. The topological polar surface area (TPSA) is 21.3 Å². The van der Waals surface area contributed by atoms with Crippen LogP contribution in [0.4, 0.5) is 0 Å². The highest BCUT2D eigenvalue weighted by molar-refractivity contribution is 6.33. The highest BCUT2D eigenvalue weighted by Crippen LogP contribution is 2.30. The van der Waals surface area contributed by atoms with Crippen LogP contribution in [0.3, 0.4) is 0 Å². The van der Waals surface area contributed by atoms with Crippen LogP contribution in [0.5, 0.6) is 5.75 Å². The highest BCUT2D eigenvalue weighted by Gasteiger charge is 2.18. The van der Waals surface area contributed by atoms with E-state index in [0.717, 1.165) is 35.0 Å². The molecule has 0 radical (unpaired) electrons. The third kappa shape index (κ3) is 2.35. The average molecular weight is 260 g/mol. The molecule has 2 nitrogen and oxygen atoms in total. The minimum atomic E-state index is 0.298. The Morgan fingerprint density at radius 1 is 1.06 bits per heavy atom. The molecule has 1 N–H and O–H groups in total. The van der Waals surface area contributed by atoms with Gasteiger partial charge in [-0.15, -0.1) is 0 Å². The van der Waals surface area contributed by atoms with Crippen LogP contribution in [-0.2, 0) is 0 Å². The Morgan fingerprint density at radius 3 is 2.61 bits per heavy atom. The summed E-state index contributed by atoms with van der Waals surface area (Å²) in [7, 11) is 0. The number of rotatable bonds is 3. The lowest BCUT2D eigenvalue weighted by Crippen LogP contribution is -2.50. The maximum absolute atomic E-state index is 6.20. The fraction of sp³-hybridized carbons (Fsp3) is 0.200. The van der Waals surface area contributed by atoms with Crippen molar-refractivity contribution < 1.29 is 4.74 Å². The zero-order valence-electron chi connectivity index (χ0n) is 9.90. The fourth-order valence-electron chi connectivity index (χ4n) is 1.97. The first-order chi connectivity index (χ1) is 8.83. The lowest BCUT2D eigenvalue weighted by Gasteiger charge is -2.28. The maximum atomic E-state index is 6.20. The quantitative estimate of drug-likeness (QED) is 0.913. The molecular formula is C15H14ClNO. The van der Waals surface area contributed by atoms with Crippen molar-refractivity contribution in [3.05, 3.63) is 53.6 Å². The third-order valence-electron chi connectivity index (χ3n) is 3.07. The van der Waals surface area contributed by atoms with Gasteiger partial charge in [-0.1, -0.05) is 41.9 Å². The van der Waals surface area contributed by atoms with Gasteiger partial charge in [0.15, 0.2) is 0 Å². The molecule has 1 aliphatic rings. The lowest BCUT2D eigenvalue weighted by molar-refractivity contribution is 0.142. The highest BCUT2D eigenvalue weighted by atomic mass is 35.5. The van der Waals surface area contributed by atoms with Gasteiger partial charge in [0.1, 0.15) is 11.9 Å². The van der Waals surface area contributed by atoms with Crippen LogP contribution in [0.25, 0.3) is 11.1 Å². The molecule has 0 amide bonds. The maximum Gasteiger partial charge on any atom is 0.123 e. The Hall–Kier alpha value is -1.51. The first-order valence-corrected chi connectivity index (χ1v) is 6.43. The lowest BCUT2D eigenvalue weighted by atomic mass is 10.1. The molecular weight excluding hydrogens is 246 g/mol. The molecule has 0 saturated carbocycles. The van der Waals surface area contributed by atoms with Gasteiger partial charge in [0.05, 0.1) is 0 Å². The minimum Gasteiger partial charge on any atom is -0.488 e. The van der Waals surface area contributed by atoms with Crippen LogP contribution < -0.4 is 10.1 Å². The van der Waals surface area contributed by atoms with Crippen molar-refractivity contribution >= 4 is 11.6 Å². The van der Waals surface area contributed by atoms with Crippen molar-refractivity contribution in [1.82, 2.24) is 5.32 Å². The molecule has 2 aromatic rings. The molecule has 1 heterocycles. The van der Waals surface area contributed by atoms with Crippen LogP contribution in [-0.4, -0.2) is 19.2 Å². The van der Waals surface area contributed by atoms with Gasteiger partial charge in [0.25, 0.3) is 0 Å². The molecule has 1 saturated heterocycles. The Bertz CT molecular complexity index is 552. The molecule has 0 aromatic heterocycles. The molecule has 0 unspecified atom stereocenters. The van der Waals surface area contributed by atoms with E-state index in [4.69, 9.17) is 16.3 Å². The van der Waals surface area contributed by atoms with E-state index in [0.29, 0.717) is 6.10 Å². The molecule has 0 aliphatic carbocycles. The molecule has 92 valence electrons. The summed E-state index contributed by atoms with van der Waals surface area (Å²) >= 11 is 6.20. The van der Waals surface area contributed by atoms with Crippen molar-refractivity contribution in [3.63, 3.8) is 0 Å². The Labute approximate surface area is 112 Å². The SMILES string of the molecule is Clc1ccccc1-c1cccc(OC2CNC2)c1. The predicted molar refractivity (Wildman–Crippen MR) is 74.2 cm³/mol. The number of benzene rings is 2. The van der Waals surface area contributed by atoms with Gasteiger partial charge in [0, 0.05) is 23.7 Å². The van der Waals surface area contributed by atoms with E-state index < -0.39 is 0 Å². The number of hydrogen-bond donors (Lipinski definition) is 1. The summed E-state index contributed by atoms with van der Waals surface area (Å²) < 4.78 is 5.85. The average Bonchev–Trinajstić information content (AvgIpc) is 2.35. The molecule has 1 aliphatic heterocycles. The number of hydrogen-bond acceptors (Lipinski definition) is 2. The summed E-state index contributed by atoms with van der Waals surface area (Å²) in [5.41, 5.74) is 2.13. The zero-order valence-corrected chi connectivity index (χ0v) is 10.7. The first-order valence-electron chi connectivity index (χ1n) is 6.05. The normalized spacial score (nSPS) is 15.2. The smallest absolute Gasteiger partial charge is 0.123 e. The molecule has 0 spiro atoms. The molecule has 3 heteroatoms. The molecule has 2 aromatic carbocycles. The standard InChI is InChI=1S/C15H14ClNO/c16-15-7-2-1-6-14(15)11-4-3-5-12(8-11)18-13-9-17-10-13/h1-8,13,17H,9-10H2. The second kappa shape index (κ2) is 5.01. The van der Waals surface area contributed by atoms with E-state index in [1.807, 2.05) is 48.5 Å². The monoisotopic (exact) mass is 259 g/mol. The summed E-state index contributed by atoms with van der Waals surface area (Å²) in [5.74, 6) is 0.902. The number of ether oxygens (including phenoxy) is 1. The van der Waals surface area contributed by atoms with Crippen LogP contribution in [0, 0.1) is 0 Å². The van der Waals surface area contributed by atoms with E-state index in [2.05, 4.69) is 5.32 Å². The Kier molecular flexibility index (Phi) is 3.22. The number of halogens is 1. The fourth-order valence-corrected chi connectivity index (χ4v) is 2.22.